The van der Waals surface area contributed by atoms with Gasteiger partial charge in [-0.1, -0.05) is 6.92 Å². The number of phenolic OH excluding ortho intramolecular Hbond substituents is 1. The van der Waals surface area contributed by atoms with Crippen molar-refractivity contribution >= 4 is 11.7 Å². The van der Waals surface area contributed by atoms with Gasteiger partial charge in [0.15, 0.2) is 0 Å². The van der Waals surface area contributed by atoms with Crippen LogP contribution in [-0.2, 0) is 6.42 Å². The van der Waals surface area contributed by atoms with Crippen molar-refractivity contribution in [2.45, 2.75) is 13.3 Å². The number of anilines is 1. The Hall–Kier alpha value is -2.36. The van der Waals surface area contributed by atoms with Gasteiger partial charge in [-0.2, -0.15) is 0 Å². The Bertz CT molecular complexity index is 550. The molecular weight excluding hydrogens is 228 g/mol. The van der Waals surface area contributed by atoms with Gasteiger partial charge in [0, 0.05) is 11.8 Å². The van der Waals surface area contributed by atoms with Crippen LogP contribution in [0.3, 0.4) is 0 Å². The summed E-state index contributed by atoms with van der Waals surface area (Å²) in [6.07, 6.45) is 2.57. The molecule has 0 radical (unpaired) electrons. The van der Waals surface area contributed by atoms with Crippen molar-refractivity contribution in [1.29, 1.82) is 0 Å². The summed E-state index contributed by atoms with van der Waals surface area (Å²) in [6.45, 7) is 2.04. The number of aryl methyl sites for hydroxylation is 1. The van der Waals surface area contributed by atoms with Gasteiger partial charge in [-0.25, -0.2) is 4.98 Å². The number of carbonyl (C=O) groups excluding carboxylic acids is 1. The van der Waals surface area contributed by atoms with Gasteiger partial charge in [0.25, 0.3) is 5.91 Å². The van der Waals surface area contributed by atoms with E-state index in [1.54, 1.807) is 18.3 Å². The highest BCUT2D eigenvalue weighted by Crippen LogP contribution is 2.12. The maximum Gasteiger partial charge on any atom is 0.256 e. The maximum atomic E-state index is 11.9. The number of nitrogens with zero attached hydrogens (tertiary/aromatic N) is 1. The van der Waals surface area contributed by atoms with Gasteiger partial charge in [-0.3, -0.25) is 4.79 Å². The average Bonchev–Trinajstić information content (AvgIpc) is 2.39. The van der Waals surface area contributed by atoms with Gasteiger partial charge < -0.3 is 10.4 Å². The van der Waals surface area contributed by atoms with Gasteiger partial charge in [0.05, 0.1) is 0 Å². The minimum Gasteiger partial charge on any atom is -0.508 e. The SMILES string of the molecule is CCc1ccnc(NC(=O)c2ccc(O)cc2)c1. The molecule has 18 heavy (non-hydrogen) atoms. The first-order chi connectivity index (χ1) is 8.69. The molecule has 2 aromatic rings. The van der Waals surface area contributed by atoms with Crippen LogP contribution in [-0.4, -0.2) is 16.0 Å². The van der Waals surface area contributed by atoms with Crippen LogP contribution in [0.1, 0.15) is 22.8 Å². The number of benzene rings is 1. The standard InChI is InChI=1S/C14H14N2O2/c1-2-10-7-8-15-13(9-10)16-14(18)11-3-5-12(17)6-4-11/h3-9,17H,2H2,1H3,(H,15,16,18). The lowest BCUT2D eigenvalue weighted by molar-refractivity contribution is 0.102. The topological polar surface area (TPSA) is 62.2 Å². The lowest BCUT2D eigenvalue weighted by atomic mass is 10.2. The number of rotatable bonds is 3. The lowest BCUT2D eigenvalue weighted by Gasteiger charge is -2.05. The normalized spacial score (nSPS) is 10.1. The van der Waals surface area contributed by atoms with Crippen molar-refractivity contribution in [3.8, 4) is 5.75 Å². The van der Waals surface area contributed by atoms with E-state index in [2.05, 4.69) is 10.3 Å². The second kappa shape index (κ2) is 5.31. The molecule has 2 N–H and O–H groups in total. The Morgan fingerprint density at radius 3 is 2.67 bits per heavy atom. The fourth-order valence-corrected chi connectivity index (χ4v) is 1.56. The third kappa shape index (κ3) is 2.85. The van der Waals surface area contributed by atoms with Crippen LogP contribution in [0.2, 0.25) is 0 Å². The van der Waals surface area contributed by atoms with Crippen LogP contribution in [0, 0.1) is 0 Å². The molecule has 0 aliphatic rings. The molecule has 1 aromatic heterocycles. The second-order valence-corrected chi connectivity index (χ2v) is 3.90. The molecule has 0 fully saturated rings. The van der Waals surface area contributed by atoms with Crippen LogP contribution in [0.4, 0.5) is 5.82 Å². The van der Waals surface area contributed by atoms with E-state index in [0.29, 0.717) is 11.4 Å². The molecule has 0 aliphatic carbocycles. The molecule has 0 spiro atoms. The molecule has 4 heteroatoms. The zero-order valence-electron chi connectivity index (χ0n) is 10.1. The highest BCUT2D eigenvalue weighted by Gasteiger charge is 2.06. The van der Waals surface area contributed by atoms with E-state index in [9.17, 15) is 4.79 Å². The zero-order chi connectivity index (χ0) is 13.0. The first kappa shape index (κ1) is 12.1. The van der Waals surface area contributed by atoms with Crippen molar-refractivity contribution in [2.75, 3.05) is 5.32 Å². The van der Waals surface area contributed by atoms with E-state index in [0.717, 1.165) is 12.0 Å². The number of phenols is 1. The van der Waals surface area contributed by atoms with Gasteiger partial charge in [0.1, 0.15) is 11.6 Å². The van der Waals surface area contributed by atoms with E-state index >= 15 is 0 Å². The Balaban J connectivity index is 2.13. The van der Waals surface area contributed by atoms with Crippen LogP contribution < -0.4 is 5.32 Å². The summed E-state index contributed by atoms with van der Waals surface area (Å²) in [4.78, 5) is 16.0. The molecule has 0 saturated carbocycles. The predicted octanol–water partition coefficient (Wildman–Crippen LogP) is 2.60. The Labute approximate surface area is 105 Å². The molecule has 1 aromatic carbocycles. The fourth-order valence-electron chi connectivity index (χ4n) is 1.56. The van der Waals surface area contributed by atoms with E-state index in [1.807, 2.05) is 19.1 Å². The molecule has 92 valence electrons. The molecule has 1 heterocycles. The molecule has 1 amide bonds. The molecule has 4 nitrogen and oxygen atoms in total. The van der Waals surface area contributed by atoms with Gasteiger partial charge in [-0.05, 0) is 48.4 Å². The molecule has 0 unspecified atom stereocenters. The number of amides is 1. The maximum absolute atomic E-state index is 11.9. The number of nitrogens with one attached hydrogen (secondary N) is 1. The summed E-state index contributed by atoms with van der Waals surface area (Å²) in [7, 11) is 0. The highest BCUT2D eigenvalue weighted by molar-refractivity contribution is 6.03. The van der Waals surface area contributed by atoms with Crippen LogP contribution >= 0.6 is 0 Å². The number of carbonyl (C=O) groups is 1. The van der Waals surface area contributed by atoms with Crippen molar-refractivity contribution in [1.82, 2.24) is 4.98 Å². The summed E-state index contributed by atoms with van der Waals surface area (Å²) < 4.78 is 0. The molecule has 2 rings (SSSR count). The summed E-state index contributed by atoms with van der Waals surface area (Å²) >= 11 is 0. The second-order valence-electron chi connectivity index (χ2n) is 3.90. The van der Waals surface area contributed by atoms with Crippen molar-refractivity contribution < 1.29 is 9.90 Å². The predicted molar refractivity (Wildman–Crippen MR) is 69.7 cm³/mol. The van der Waals surface area contributed by atoms with Gasteiger partial charge in [-0.15, -0.1) is 0 Å². The number of aromatic hydroxyl groups is 1. The van der Waals surface area contributed by atoms with E-state index in [4.69, 9.17) is 5.11 Å². The van der Waals surface area contributed by atoms with Crippen LogP contribution in [0.15, 0.2) is 42.6 Å². The largest absolute Gasteiger partial charge is 0.508 e. The number of aromatic nitrogens is 1. The summed E-state index contributed by atoms with van der Waals surface area (Å²) in [5, 5.41) is 11.9. The van der Waals surface area contributed by atoms with Gasteiger partial charge >= 0.3 is 0 Å². The Morgan fingerprint density at radius 1 is 1.28 bits per heavy atom. The minimum absolute atomic E-state index is 0.137. The Kier molecular flexibility index (Phi) is 3.57. The highest BCUT2D eigenvalue weighted by atomic mass is 16.3. The van der Waals surface area contributed by atoms with Crippen molar-refractivity contribution in [3.63, 3.8) is 0 Å². The molecular formula is C14H14N2O2. The van der Waals surface area contributed by atoms with Crippen LogP contribution in [0.5, 0.6) is 5.75 Å². The fraction of sp³-hybridized carbons (Fsp3) is 0.143. The van der Waals surface area contributed by atoms with E-state index < -0.39 is 0 Å². The smallest absolute Gasteiger partial charge is 0.256 e. The lowest BCUT2D eigenvalue weighted by Crippen LogP contribution is -2.12. The van der Waals surface area contributed by atoms with Crippen molar-refractivity contribution in [2.24, 2.45) is 0 Å². The molecule has 0 aliphatic heterocycles. The molecule has 0 atom stereocenters. The summed E-state index contributed by atoms with van der Waals surface area (Å²) in [5.41, 5.74) is 1.60. The Morgan fingerprint density at radius 2 is 2.00 bits per heavy atom. The van der Waals surface area contributed by atoms with Crippen molar-refractivity contribution in [3.05, 3.63) is 53.7 Å². The number of pyridine rings is 1. The van der Waals surface area contributed by atoms with Gasteiger partial charge in [0.2, 0.25) is 0 Å². The summed E-state index contributed by atoms with van der Waals surface area (Å²) in [5.74, 6) is 0.431. The summed E-state index contributed by atoms with van der Waals surface area (Å²) in [6, 6.07) is 9.84. The molecule has 0 saturated heterocycles. The molecule has 0 bridgehead atoms. The van der Waals surface area contributed by atoms with E-state index in [1.165, 1.54) is 12.1 Å². The minimum atomic E-state index is -0.240. The third-order valence-corrected chi connectivity index (χ3v) is 2.60. The first-order valence-electron chi connectivity index (χ1n) is 5.74. The average molecular weight is 242 g/mol. The first-order valence-corrected chi connectivity index (χ1v) is 5.74. The number of hydrogen-bond donors (Lipinski definition) is 2. The van der Waals surface area contributed by atoms with E-state index in [-0.39, 0.29) is 11.7 Å². The van der Waals surface area contributed by atoms with Crippen LogP contribution in [0.25, 0.3) is 0 Å². The zero-order valence-corrected chi connectivity index (χ0v) is 10.1. The third-order valence-electron chi connectivity index (χ3n) is 2.60. The quantitative estimate of drug-likeness (QED) is 0.869. The monoisotopic (exact) mass is 242 g/mol. The number of hydrogen-bond acceptors (Lipinski definition) is 3.